The molecule has 2 aromatic rings. The maximum absolute atomic E-state index is 12.2. The van der Waals surface area contributed by atoms with Gasteiger partial charge in [-0.3, -0.25) is 14.6 Å². The van der Waals surface area contributed by atoms with Crippen LogP contribution in [0.25, 0.3) is 0 Å². The van der Waals surface area contributed by atoms with Crippen molar-refractivity contribution in [1.29, 1.82) is 0 Å². The van der Waals surface area contributed by atoms with Crippen molar-refractivity contribution in [2.24, 2.45) is 5.10 Å². The van der Waals surface area contributed by atoms with Crippen LogP contribution in [0.4, 0.5) is 5.69 Å². The average Bonchev–Trinajstić information content (AvgIpc) is 2.56. The Kier molecular flexibility index (Phi) is 6.00. The van der Waals surface area contributed by atoms with Crippen molar-refractivity contribution in [3.63, 3.8) is 0 Å². The van der Waals surface area contributed by atoms with E-state index in [1.807, 2.05) is 32.9 Å². The molecule has 2 N–H and O–H groups in total. The minimum absolute atomic E-state index is 0.101. The van der Waals surface area contributed by atoms with E-state index in [2.05, 4.69) is 20.8 Å². The summed E-state index contributed by atoms with van der Waals surface area (Å²) in [4.78, 5) is 28.0. The van der Waals surface area contributed by atoms with Gasteiger partial charge in [-0.1, -0.05) is 17.7 Å². The lowest BCUT2D eigenvalue weighted by Crippen LogP contribution is -2.22. The van der Waals surface area contributed by atoms with Gasteiger partial charge < -0.3 is 5.32 Å². The summed E-state index contributed by atoms with van der Waals surface area (Å²) in [6.07, 6.45) is 3.17. The van der Waals surface area contributed by atoms with Gasteiger partial charge >= 0.3 is 0 Å². The Bertz CT molecular complexity index is 790. The molecule has 0 saturated heterocycles. The Morgan fingerprint density at radius 2 is 1.68 bits per heavy atom. The van der Waals surface area contributed by atoms with Crippen molar-refractivity contribution in [3.8, 4) is 0 Å². The lowest BCUT2D eigenvalue weighted by atomic mass is 10.0. The quantitative estimate of drug-likeness (QED) is 0.649. The van der Waals surface area contributed by atoms with Gasteiger partial charge in [0.1, 0.15) is 0 Å². The molecule has 1 heterocycles. The van der Waals surface area contributed by atoms with Crippen LogP contribution in [0.2, 0.25) is 0 Å². The second-order valence-corrected chi connectivity index (χ2v) is 6.02. The monoisotopic (exact) mass is 338 g/mol. The number of nitrogens with zero attached hydrogens (tertiary/aromatic N) is 2. The molecule has 0 bridgehead atoms. The number of anilines is 1. The summed E-state index contributed by atoms with van der Waals surface area (Å²) in [6.45, 7) is 7.64. The third-order valence-electron chi connectivity index (χ3n) is 3.65. The van der Waals surface area contributed by atoms with E-state index in [0.717, 1.165) is 22.4 Å². The van der Waals surface area contributed by atoms with Crippen LogP contribution >= 0.6 is 0 Å². The summed E-state index contributed by atoms with van der Waals surface area (Å²) in [5.41, 5.74) is 7.44. The van der Waals surface area contributed by atoms with Crippen molar-refractivity contribution < 1.29 is 9.59 Å². The average molecular weight is 338 g/mol. The van der Waals surface area contributed by atoms with E-state index < -0.39 is 0 Å². The molecule has 2 rings (SSSR count). The fraction of sp³-hybridized carbons (Fsp3) is 0.263. The van der Waals surface area contributed by atoms with E-state index in [-0.39, 0.29) is 18.2 Å². The molecule has 0 atom stereocenters. The summed E-state index contributed by atoms with van der Waals surface area (Å²) < 4.78 is 0. The summed E-state index contributed by atoms with van der Waals surface area (Å²) in [5, 5.41) is 6.89. The molecule has 0 spiro atoms. The molecule has 6 heteroatoms. The maximum atomic E-state index is 12.2. The minimum atomic E-state index is -0.340. The molecule has 0 aliphatic carbocycles. The first-order chi connectivity index (χ1) is 11.9. The maximum Gasteiger partial charge on any atom is 0.271 e. The van der Waals surface area contributed by atoms with Crippen LogP contribution in [-0.2, 0) is 4.79 Å². The Morgan fingerprint density at radius 3 is 2.28 bits per heavy atom. The van der Waals surface area contributed by atoms with Crippen molar-refractivity contribution in [2.75, 3.05) is 5.32 Å². The number of hydrogen-bond donors (Lipinski definition) is 2. The molecular formula is C19H22N4O2. The van der Waals surface area contributed by atoms with Gasteiger partial charge in [0, 0.05) is 29.4 Å². The topological polar surface area (TPSA) is 83.5 Å². The van der Waals surface area contributed by atoms with E-state index >= 15 is 0 Å². The number of aryl methyl sites for hydroxylation is 3. The van der Waals surface area contributed by atoms with Crippen molar-refractivity contribution in [1.82, 2.24) is 10.4 Å². The van der Waals surface area contributed by atoms with Gasteiger partial charge in [0.2, 0.25) is 5.91 Å². The van der Waals surface area contributed by atoms with Crippen LogP contribution in [0.15, 0.2) is 41.8 Å². The number of hydrogen-bond acceptors (Lipinski definition) is 4. The molecule has 6 nitrogen and oxygen atoms in total. The first kappa shape index (κ1) is 18.3. The Hall–Kier alpha value is -3.02. The first-order valence-corrected chi connectivity index (χ1v) is 7.98. The molecule has 0 aliphatic rings. The molecule has 1 aromatic heterocycles. The highest BCUT2D eigenvalue weighted by Gasteiger charge is 2.10. The number of aromatic nitrogens is 1. The van der Waals surface area contributed by atoms with Crippen LogP contribution in [0.5, 0.6) is 0 Å². The number of rotatable bonds is 5. The fourth-order valence-electron chi connectivity index (χ4n) is 2.55. The molecule has 130 valence electrons. The number of amides is 2. The van der Waals surface area contributed by atoms with Crippen LogP contribution in [-0.4, -0.2) is 22.5 Å². The highest BCUT2D eigenvalue weighted by molar-refractivity contribution is 6.06. The Balaban J connectivity index is 1.95. The highest BCUT2D eigenvalue weighted by atomic mass is 16.2. The molecule has 25 heavy (non-hydrogen) atoms. The number of carbonyl (C=O) groups excluding carboxylic acids is 2. The number of hydrazone groups is 1. The number of nitrogens with one attached hydrogen (secondary N) is 2. The van der Waals surface area contributed by atoms with Crippen molar-refractivity contribution >= 4 is 23.2 Å². The molecule has 0 fully saturated rings. The fourth-order valence-corrected chi connectivity index (χ4v) is 2.55. The largest absolute Gasteiger partial charge is 0.325 e. The summed E-state index contributed by atoms with van der Waals surface area (Å²) in [5.74, 6) is -0.512. The standard InChI is InChI=1S/C19H22N4O2/c1-12-9-13(2)18(14(3)10-12)21-17(24)11-15(4)22-23-19(25)16-5-7-20-8-6-16/h5-10H,11H2,1-4H3,(H,21,24)(H,23,25). The van der Waals surface area contributed by atoms with E-state index in [1.165, 1.54) is 12.4 Å². The lowest BCUT2D eigenvalue weighted by molar-refractivity contribution is -0.115. The molecule has 0 aliphatic heterocycles. The second-order valence-electron chi connectivity index (χ2n) is 6.02. The smallest absolute Gasteiger partial charge is 0.271 e. The second kappa shape index (κ2) is 8.19. The molecular weight excluding hydrogens is 316 g/mol. The van der Waals surface area contributed by atoms with Gasteiger partial charge in [0.15, 0.2) is 0 Å². The van der Waals surface area contributed by atoms with Gasteiger partial charge in [0.05, 0.1) is 6.42 Å². The Morgan fingerprint density at radius 1 is 1.08 bits per heavy atom. The number of carbonyl (C=O) groups is 2. The van der Waals surface area contributed by atoms with E-state index in [4.69, 9.17) is 0 Å². The van der Waals surface area contributed by atoms with Gasteiger partial charge in [-0.15, -0.1) is 0 Å². The van der Waals surface area contributed by atoms with Crippen LogP contribution < -0.4 is 10.7 Å². The van der Waals surface area contributed by atoms with Crippen LogP contribution in [0.1, 0.15) is 40.4 Å². The molecule has 0 radical (unpaired) electrons. The summed E-state index contributed by atoms with van der Waals surface area (Å²) in [6, 6.07) is 7.24. The minimum Gasteiger partial charge on any atom is -0.325 e. The number of benzene rings is 1. The first-order valence-electron chi connectivity index (χ1n) is 7.98. The molecule has 0 unspecified atom stereocenters. The zero-order valence-corrected chi connectivity index (χ0v) is 14.9. The van der Waals surface area contributed by atoms with Gasteiger partial charge in [-0.25, -0.2) is 5.43 Å². The van der Waals surface area contributed by atoms with Crippen molar-refractivity contribution in [3.05, 3.63) is 58.9 Å². The third-order valence-corrected chi connectivity index (χ3v) is 3.65. The summed E-state index contributed by atoms with van der Waals surface area (Å²) >= 11 is 0. The van der Waals surface area contributed by atoms with E-state index in [1.54, 1.807) is 19.1 Å². The van der Waals surface area contributed by atoms with Gasteiger partial charge in [-0.2, -0.15) is 5.10 Å². The predicted octanol–water partition coefficient (Wildman–Crippen LogP) is 3.14. The normalized spacial score (nSPS) is 11.1. The molecule has 0 saturated carbocycles. The zero-order chi connectivity index (χ0) is 18.4. The predicted molar refractivity (Wildman–Crippen MR) is 98.7 cm³/mol. The highest BCUT2D eigenvalue weighted by Crippen LogP contribution is 2.22. The SMILES string of the molecule is CC(CC(=O)Nc1c(C)cc(C)cc1C)=NNC(=O)c1ccncc1. The Labute approximate surface area is 147 Å². The van der Waals surface area contributed by atoms with Crippen molar-refractivity contribution in [2.45, 2.75) is 34.1 Å². The van der Waals surface area contributed by atoms with Gasteiger partial charge in [0.25, 0.3) is 5.91 Å². The molecule has 1 aromatic carbocycles. The number of pyridine rings is 1. The van der Waals surface area contributed by atoms with Gasteiger partial charge in [-0.05, 0) is 51.0 Å². The third kappa shape index (κ3) is 5.24. The van der Waals surface area contributed by atoms with E-state index in [9.17, 15) is 9.59 Å². The van der Waals surface area contributed by atoms with Crippen LogP contribution in [0.3, 0.4) is 0 Å². The van der Waals surface area contributed by atoms with E-state index in [0.29, 0.717) is 11.3 Å². The molecule has 2 amide bonds. The van der Waals surface area contributed by atoms with Crippen LogP contribution in [0, 0.1) is 20.8 Å². The lowest BCUT2D eigenvalue weighted by Gasteiger charge is -2.12. The zero-order valence-electron chi connectivity index (χ0n) is 14.9. The summed E-state index contributed by atoms with van der Waals surface area (Å²) in [7, 11) is 0.